The van der Waals surface area contributed by atoms with Gasteiger partial charge in [0.1, 0.15) is 12.4 Å². The third kappa shape index (κ3) is 2.89. The quantitative estimate of drug-likeness (QED) is 0.533. The van der Waals surface area contributed by atoms with Gasteiger partial charge in [-0.3, -0.25) is 25.4 Å². The molecule has 1 aromatic rings. The summed E-state index contributed by atoms with van der Waals surface area (Å²) in [6, 6.07) is 6.57. The van der Waals surface area contributed by atoms with Gasteiger partial charge in [-0.1, -0.05) is 12.1 Å². The van der Waals surface area contributed by atoms with Crippen LogP contribution in [0.2, 0.25) is 0 Å². The van der Waals surface area contributed by atoms with Crippen molar-refractivity contribution >= 4 is 21.8 Å². The van der Waals surface area contributed by atoms with E-state index in [1.807, 2.05) is 0 Å². The van der Waals surface area contributed by atoms with Gasteiger partial charge in [0, 0.05) is 18.7 Å². The fourth-order valence-corrected chi connectivity index (χ4v) is 3.49. The van der Waals surface area contributed by atoms with Crippen LogP contribution in [0, 0.1) is 0 Å². The summed E-state index contributed by atoms with van der Waals surface area (Å²) in [6.07, 6.45) is 0. The Kier molecular flexibility index (Phi) is 3.62. The van der Waals surface area contributed by atoms with Crippen LogP contribution in [-0.4, -0.2) is 45.8 Å². The number of amides is 1. The number of carbonyl (C=O) groups is 1. The molecule has 2 aliphatic rings. The zero-order valence-electron chi connectivity index (χ0n) is 11.1. The highest BCUT2D eigenvalue weighted by molar-refractivity contribution is 7.90. The molecule has 1 saturated heterocycles. The Morgan fingerprint density at radius 1 is 1.29 bits per heavy atom. The normalized spacial score (nSPS) is 22.0. The van der Waals surface area contributed by atoms with Crippen molar-refractivity contribution in [1.82, 2.24) is 20.9 Å². The first kappa shape index (κ1) is 14.0. The van der Waals surface area contributed by atoms with Crippen LogP contribution in [0.1, 0.15) is 5.56 Å². The van der Waals surface area contributed by atoms with Crippen LogP contribution >= 0.6 is 0 Å². The number of nitrogens with zero attached hydrogens (tertiary/aromatic N) is 1. The van der Waals surface area contributed by atoms with E-state index in [0.717, 1.165) is 0 Å². The van der Waals surface area contributed by atoms with E-state index in [2.05, 4.69) is 25.9 Å². The predicted molar refractivity (Wildman–Crippen MR) is 76.1 cm³/mol. The molecule has 0 unspecified atom stereocenters. The van der Waals surface area contributed by atoms with Gasteiger partial charge in [-0.25, -0.2) is 8.42 Å². The molecule has 0 atom stereocenters. The Hall–Kier alpha value is -1.97. The lowest BCUT2D eigenvalue weighted by atomic mass is 10.2. The number of sulfonamides is 1. The minimum absolute atomic E-state index is 0.0188. The highest BCUT2D eigenvalue weighted by Crippen LogP contribution is 2.21. The third-order valence-corrected chi connectivity index (χ3v) is 4.63. The summed E-state index contributed by atoms with van der Waals surface area (Å²) in [5, 5.41) is 2.80. The summed E-state index contributed by atoms with van der Waals surface area (Å²) in [4.78, 5) is 16.0. The van der Waals surface area contributed by atoms with Gasteiger partial charge in [0.25, 0.3) is 10.0 Å². The molecule has 2 heterocycles. The largest absolute Gasteiger partial charge is 0.349 e. The number of fused-ring (bicyclic) bond motifs is 1. The summed E-state index contributed by atoms with van der Waals surface area (Å²) in [7, 11) is -3.56. The summed E-state index contributed by atoms with van der Waals surface area (Å²) in [5.74, 6) is -0.0370. The topological polar surface area (TPSA) is 112 Å². The number of nitrogens with one attached hydrogen (secondary N) is 4. The van der Waals surface area contributed by atoms with Crippen LogP contribution in [0.3, 0.4) is 0 Å². The molecule has 0 saturated carbocycles. The highest BCUT2D eigenvalue weighted by atomic mass is 32.2. The van der Waals surface area contributed by atoms with Crippen molar-refractivity contribution in [2.75, 3.05) is 19.6 Å². The Morgan fingerprint density at radius 3 is 2.76 bits per heavy atom. The number of hydrazine groups is 1. The van der Waals surface area contributed by atoms with E-state index in [4.69, 9.17) is 0 Å². The van der Waals surface area contributed by atoms with Crippen LogP contribution in [0.5, 0.6) is 0 Å². The Bertz CT molecular complexity index is 695. The number of aliphatic imine (C=N–C) groups is 1. The molecule has 9 heteroatoms. The number of rotatable bonds is 3. The van der Waals surface area contributed by atoms with Crippen LogP contribution in [0.15, 0.2) is 34.2 Å². The lowest BCUT2D eigenvalue weighted by Gasteiger charge is -2.09. The lowest BCUT2D eigenvalue weighted by molar-refractivity contribution is -0.120. The number of carbonyl (C=O) groups excluding carboxylic acids is 1. The van der Waals surface area contributed by atoms with Crippen molar-refractivity contribution in [3.8, 4) is 0 Å². The zero-order valence-corrected chi connectivity index (χ0v) is 11.9. The minimum atomic E-state index is -3.56. The molecule has 0 aliphatic carbocycles. The van der Waals surface area contributed by atoms with Crippen molar-refractivity contribution in [2.45, 2.75) is 10.9 Å². The predicted octanol–water partition coefficient (Wildman–Crippen LogP) is -1.68. The smallest absolute Gasteiger partial charge is 0.263 e. The molecule has 0 spiro atoms. The standard InChI is InChI=1S/C12H15N5O3S/c18-11(16-8-5-14-15-6-8)7-13-12-9-3-1-2-4-10(9)21(19,20)17-12/h1-4,8,14-15H,5-7H2,(H,13,17)(H,16,18). The molecule has 1 fully saturated rings. The van der Waals surface area contributed by atoms with Crippen molar-refractivity contribution in [1.29, 1.82) is 0 Å². The van der Waals surface area contributed by atoms with Gasteiger partial charge >= 0.3 is 0 Å². The summed E-state index contributed by atoms with van der Waals surface area (Å²) in [6.45, 7) is 1.18. The molecule has 1 aromatic carbocycles. The van der Waals surface area contributed by atoms with E-state index in [-0.39, 0.29) is 29.2 Å². The van der Waals surface area contributed by atoms with Crippen molar-refractivity contribution < 1.29 is 13.2 Å². The van der Waals surface area contributed by atoms with E-state index in [0.29, 0.717) is 18.7 Å². The first-order valence-electron chi connectivity index (χ1n) is 6.48. The maximum atomic E-state index is 11.9. The second kappa shape index (κ2) is 5.43. The maximum Gasteiger partial charge on any atom is 0.263 e. The Balaban J connectivity index is 1.71. The molecular weight excluding hydrogens is 294 g/mol. The van der Waals surface area contributed by atoms with Crippen LogP contribution in [0.25, 0.3) is 0 Å². The van der Waals surface area contributed by atoms with Gasteiger partial charge in [0.15, 0.2) is 0 Å². The van der Waals surface area contributed by atoms with Crippen LogP contribution < -0.4 is 20.9 Å². The number of hydrogen-bond donors (Lipinski definition) is 4. The SMILES string of the molecule is O=C(CN=C1NS(=O)(=O)c2ccccc21)NC1CNNC1. The number of hydrogen-bond acceptors (Lipinski definition) is 6. The molecule has 21 heavy (non-hydrogen) atoms. The van der Waals surface area contributed by atoms with Gasteiger partial charge in [0.2, 0.25) is 5.91 Å². The van der Waals surface area contributed by atoms with Gasteiger partial charge in [-0.05, 0) is 12.1 Å². The van der Waals surface area contributed by atoms with Gasteiger partial charge in [0.05, 0.1) is 10.9 Å². The zero-order chi connectivity index (χ0) is 14.9. The molecule has 0 bridgehead atoms. The molecule has 0 radical (unpaired) electrons. The van der Waals surface area contributed by atoms with E-state index in [9.17, 15) is 13.2 Å². The van der Waals surface area contributed by atoms with Crippen molar-refractivity contribution in [2.24, 2.45) is 4.99 Å². The van der Waals surface area contributed by atoms with E-state index in [1.165, 1.54) is 6.07 Å². The lowest BCUT2D eigenvalue weighted by Crippen LogP contribution is -2.39. The van der Waals surface area contributed by atoms with E-state index < -0.39 is 10.0 Å². The third-order valence-electron chi connectivity index (χ3n) is 3.23. The van der Waals surface area contributed by atoms with E-state index >= 15 is 0 Å². The molecule has 2 aliphatic heterocycles. The monoisotopic (exact) mass is 309 g/mol. The molecule has 8 nitrogen and oxygen atoms in total. The van der Waals surface area contributed by atoms with Crippen molar-refractivity contribution in [3.05, 3.63) is 29.8 Å². The second-order valence-corrected chi connectivity index (χ2v) is 6.44. The van der Waals surface area contributed by atoms with Gasteiger partial charge in [-0.15, -0.1) is 0 Å². The molecule has 1 amide bonds. The second-order valence-electron chi connectivity index (χ2n) is 4.79. The fourth-order valence-electron chi connectivity index (χ4n) is 2.24. The first-order chi connectivity index (χ1) is 10.1. The fraction of sp³-hybridized carbons (Fsp3) is 0.333. The van der Waals surface area contributed by atoms with Gasteiger partial charge in [-0.2, -0.15) is 0 Å². The van der Waals surface area contributed by atoms with Crippen LogP contribution in [0.4, 0.5) is 0 Å². The van der Waals surface area contributed by atoms with Crippen molar-refractivity contribution in [3.63, 3.8) is 0 Å². The Labute approximate surface area is 122 Å². The summed E-state index contributed by atoms with van der Waals surface area (Å²) in [5.41, 5.74) is 6.31. The summed E-state index contributed by atoms with van der Waals surface area (Å²) >= 11 is 0. The van der Waals surface area contributed by atoms with Crippen LogP contribution in [-0.2, 0) is 14.8 Å². The number of benzene rings is 1. The first-order valence-corrected chi connectivity index (χ1v) is 7.96. The highest BCUT2D eigenvalue weighted by Gasteiger charge is 2.30. The van der Waals surface area contributed by atoms with Gasteiger partial charge < -0.3 is 5.32 Å². The molecule has 4 N–H and O–H groups in total. The van der Waals surface area contributed by atoms with E-state index in [1.54, 1.807) is 18.2 Å². The molecule has 0 aromatic heterocycles. The number of amidine groups is 1. The molecule has 3 rings (SSSR count). The minimum Gasteiger partial charge on any atom is -0.349 e. The Morgan fingerprint density at radius 2 is 2.00 bits per heavy atom. The summed E-state index contributed by atoms with van der Waals surface area (Å²) < 4.78 is 26.1. The molecule has 112 valence electrons. The maximum absolute atomic E-state index is 11.9. The average Bonchev–Trinajstić information content (AvgIpc) is 3.04. The average molecular weight is 309 g/mol. The molecular formula is C12H15N5O3S.